The molecule has 0 aliphatic rings. The summed E-state index contributed by atoms with van der Waals surface area (Å²) in [5.74, 6) is -0.125. The molecule has 3 N–H and O–H groups in total. The minimum absolute atomic E-state index is 0.0187. The molecule has 0 aliphatic heterocycles. The van der Waals surface area contributed by atoms with Crippen LogP contribution in [0.4, 0.5) is 0 Å². The highest BCUT2D eigenvalue weighted by Crippen LogP contribution is 2.17. The molecular weight excluding hydrogens is 204 g/mol. The van der Waals surface area contributed by atoms with Crippen LogP contribution in [0.2, 0.25) is 0 Å². The van der Waals surface area contributed by atoms with Gasteiger partial charge in [-0.1, -0.05) is 13.8 Å². The molecule has 0 radical (unpaired) electrons. The number of nitrogens with zero attached hydrogens (tertiary/aromatic N) is 2. The number of aromatic nitrogens is 2. The Morgan fingerprint density at radius 1 is 1.50 bits per heavy atom. The third kappa shape index (κ3) is 3.94. The highest BCUT2D eigenvalue weighted by atomic mass is 16.1. The van der Waals surface area contributed by atoms with Crippen LogP contribution in [0, 0.1) is 5.41 Å². The molecule has 0 fully saturated rings. The maximum absolute atomic E-state index is 11.7. The van der Waals surface area contributed by atoms with Crippen molar-refractivity contribution in [1.29, 1.82) is 0 Å². The number of carbonyl (C=O) groups is 1. The standard InChI is InChI=1S/C11H18N4O/c1-11(2,4-5-12)8-13-10(16)9-3-6-14-15-7-9/h3,6-7H,4-5,8,12H2,1-2H3,(H,13,16). The van der Waals surface area contributed by atoms with Gasteiger partial charge < -0.3 is 11.1 Å². The fourth-order valence-corrected chi connectivity index (χ4v) is 1.33. The molecule has 16 heavy (non-hydrogen) atoms. The van der Waals surface area contributed by atoms with Gasteiger partial charge in [-0.25, -0.2) is 0 Å². The summed E-state index contributed by atoms with van der Waals surface area (Å²) in [7, 11) is 0. The predicted molar refractivity (Wildman–Crippen MR) is 61.8 cm³/mol. The Morgan fingerprint density at radius 3 is 2.81 bits per heavy atom. The second kappa shape index (κ2) is 5.55. The lowest BCUT2D eigenvalue weighted by Gasteiger charge is -2.24. The summed E-state index contributed by atoms with van der Waals surface area (Å²) in [6.07, 6.45) is 3.83. The summed E-state index contributed by atoms with van der Waals surface area (Å²) in [4.78, 5) is 11.7. The quantitative estimate of drug-likeness (QED) is 0.763. The van der Waals surface area contributed by atoms with Crippen LogP contribution in [0.3, 0.4) is 0 Å². The van der Waals surface area contributed by atoms with Crippen LogP contribution in [-0.2, 0) is 0 Å². The van der Waals surface area contributed by atoms with Gasteiger partial charge in [0.05, 0.1) is 18.0 Å². The van der Waals surface area contributed by atoms with Crippen molar-refractivity contribution in [2.45, 2.75) is 20.3 Å². The van der Waals surface area contributed by atoms with Crippen LogP contribution < -0.4 is 11.1 Å². The Morgan fingerprint density at radius 2 is 2.25 bits per heavy atom. The van der Waals surface area contributed by atoms with Crippen molar-refractivity contribution >= 4 is 5.91 Å². The third-order valence-electron chi connectivity index (χ3n) is 2.40. The molecule has 5 nitrogen and oxygen atoms in total. The molecule has 0 atom stereocenters. The maximum Gasteiger partial charge on any atom is 0.252 e. The van der Waals surface area contributed by atoms with E-state index in [2.05, 4.69) is 29.4 Å². The van der Waals surface area contributed by atoms with Gasteiger partial charge in [0, 0.05) is 6.54 Å². The Hall–Kier alpha value is -1.49. The Balaban J connectivity index is 2.48. The first-order valence-electron chi connectivity index (χ1n) is 5.30. The van der Waals surface area contributed by atoms with Gasteiger partial charge in [0.25, 0.3) is 5.91 Å². The van der Waals surface area contributed by atoms with Crippen LogP contribution in [-0.4, -0.2) is 29.2 Å². The minimum Gasteiger partial charge on any atom is -0.351 e. The molecule has 0 unspecified atom stereocenters. The van der Waals surface area contributed by atoms with E-state index in [9.17, 15) is 4.79 Å². The van der Waals surface area contributed by atoms with E-state index in [-0.39, 0.29) is 11.3 Å². The molecule has 0 saturated heterocycles. The molecule has 0 spiro atoms. The first-order chi connectivity index (χ1) is 7.55. The Labute approximate surface area is 95.4 Å². The lowest BCUT2D eigenvalue weighted by atomic mass is 9.89. The second-order valence-corrected chi connectivity index (χ2v) is 4.52. The number of hydrogen-bond acceptors (Lipinski definition) is 4. The first kappa shape index (κ1) is 12.6. The smallest absolute Gasteiger partial charge is 0.252 e. The van der Waals surface area contributed by atoms with E-state index in [1.165, 1.54) is 12.4 Å². The maximum atomic E-state index is 11.7. The summed E-state index contributed by atoms with van der Waals surface area (Å²) >= 11 is 0. The Bertz CT molecular complexity index is 337. The SMILES string of the molecule is CC(C)(CCN)CNC(=O)c1ccnnc1. The van der Waals surface area contributed by atoms with Gasteiger partial charge in [-0.2, -0.15) is 10.2 Å². The van der Waals surface area contributed by atoms with Gasteiger partial charge >= 0.3 is 0 Å². The lowest BCUT2D eigenvalue weighted by Crippen LogP contribution is -2.35. The molecule has 1 amide bonds. The average molecular weight is 222 g/mol. The van der Waals surface area contributed by atoms with Crippen LogP contribution in [0.15, 0.2) is 18.5 Å². The summed E-state index contributed by atoms with van der Waals surface area (Å²) in [6.45, 7) is 5.38. The Kier molecular flexibility index (Phi) is 4.37. The second-order valence-electron chi connectivity index (χ2n) is 4.52. The van der Waals surface area contributed by atoms with Gasteiger partial charge in [-0.3, -0.25) is 4.79 Å². The number of nitrogens with two attached hydrogens (primary N) is 1. The van der Waals surface area contributed by atoms with Crippen molar-refractivity contribution in [1.82, 2.24) is 15.5 Å². The van der Waals surface area contributed by atoms with E-state index in [0.717, 1.165) is 6.42 Å². The summed E-state index contributed by atoms with van der Waals surface area (Å²) in [5, 5.41) is 10.1. The lowest BCUT2D eigenvalue weighted by molar-refractivity contribution is 0.0934. The van der Waals surface area contributed by atoms with E-state index in [1.54, 1.807) is 6.07 Å². The molecular formula is C11H18N4O. The normalized spacial score (nSPS) is 11.2. The fourth-order valence-electron chi connectivity index (χ4n) is 1.33. The number of rotatable bonds is 5. The van der Waals surface area contributed by atoms with Gasteiger partial charge in [0.15, 0.2) is 0 Å². The van der Waals surface area contributed by atoms with Crippen molar-refractivity contribution in [2.75, 3.05) is 13.1 Å². The summed E-state index contributed by atoms with van der Waals surface area (Å²) < 4.78 is 0. The van der Waals surface area contributed by atoms with Gasteiger partial charge in [0.1, 0.15) is 0 Å². The largest absolute Gasteiger partial charge is 0.351 e. The van der Waals surface area contributed by atoms with E-state index >= 15 is 0 Å². The number of hydrogen-bond donors (Lipinski definition) is 2. The van der Waals surface area contributed by atoms with Gasteiger partial charge in [-0.15, -0.1) is 0 Å². The zero-order valence-electron chi connectivity index (χ0n) is 9.73. The van der Waals surface area contributed by atoms with Crippen molar-refractivity contribution in [3.8, 4) is 0 Å². The van der Waals surface area contributed by atoms with E-state index in [4.69, 9.17) is 5.73 Å². The van der Waals surface area contributed by atoms with Gasteiger partial charge in [0.2, 0.25) is 0 Å². The van der Waals surface area contributed by atoms with Crippen molar-refractivity contribution in [3.05, 3.63) is 24.0 Å². The summed E-state index contributed by atoms with van der Waals surface area (Å²) in [5.41, 5.74) is 6.05. The number of amides is 1. The number of carbonyl (C=O) groups excluding carboxylic acids is 1. The van der Waals surface area contributed by atoms with Gasteiger partial charge in [-0.05, 0) is 24.4 Å². The van der Waals surface area contributed by atoms with Crippen LogP contribution in [0.25, 0.3) is 0 Å². The molecule has 1 aromatic rings. The molecule has 1 rings (SSSR count). The molecule has 1 aromatic heterocycles. The van der Waals surface area contributed by atoms with Crippen molar-refractivity contribution in [3.63, 3.8) is 0 Å². The minimum atomic E-state index is -0.125. The topological polar surface area (TPSA) is 80.9 Å². The highest BCUT2D eigenvalue weighted by molar-refractivity contribution is 5.93. The molecule has 0 aromatic carbocycles. The van der Waals surface area contributed by atoms with E-state index < -0.39 is 0 Å². The number of nitrogens with one attached hydrogen (secondary N) is 1. The predicted octanol–water partition coefficient (Wildman–Crippen LogP) is 0.581. The zero-order valence-corrected chi connectivity index (χ0v) is 9.73. The fraction of sp³-hybridized carbons (Fsp3) is 0.545. The highest BCUT2D eigenvalue weighted by Gasteiger charge is 2.18. The molecule has 88 valence electrons. The summed E-state index contributed by atoms with van der Waals surface area (Å²) in [6, 6.07) is 1.64. The molecule has 1 heterocycles. The van der Waals surface area contributed by atoms with E-state index in [1.807, 2.05) is 0 Å². The monoisotopic (exact) mass is 222 g/mol. The molecule has 5 heteroatoms. The zero-order chi connectivity index (χ0) is 12.0. The van der Waals surface area contributed by atoms with Crippen LogP contribution in [0.1, 0.15) is 30.6 Å². The molecule has 0 saturated carbocycles. The van der Waals surface area contributed by atoms with Crippen LogP contribution in [0.5, 0.6) is 0 Å². The average Bonchev–Trinajstić information content (AvgIpc) is 2.27. The van der Waals surface area contributed by atoms with E-state index in [0.29, 0.717) is 18.7 Å². The molecule has 0 aliphatic carbocycles. The third-order valence-corrected chi connectivity index (χ3v) is 2.40. The van der Waals surface area contributed by atoms with Crippen LogP contribution >= 0.6 is 0 Å². The molecule has 0 bridgehead atoms. The van der Waals surface area contributed by atoms with Crippen molar-refractivity contribution < 1.29 is 4.79 Å². The first-order valence-corrected chi connectivity index (χ1v) is 5.30. The van der Waals surface area contributed by atoms with Crippen molar-refractivity contribution in [2.24, 2.45) is 11.1 Å².